The lowest BCUT2D eigenvalue weighted by atomic mass is 9.95. The Bertz CT molecular complexity index is 963. The molecule has 5 heteroatoms. The Kier molecular flexibility index (Phi) is 7.99. The van der Waals surface area contributed by atoms with Crippen molar-refractivity contribution < 1.29 is 4.42 Å². The van der Waals surface area contributed by atoms with Gasteiger partial charge >= 0.3 is 0 Å². The van der Waals surface area contributed by atoms with Crippen molar-refractivity contribution in [3.8, 4) is 22.6 Å². The fourth-order valence-electron chi connectivity index (χ4n) is 5.60. The van der Waals surface area contributed by atoms with Crippen molar-refractivity contribution in [2.24, 2.45) is 11.5 Å². The van der Waals surface area contributed by atoms with Gasteiger partial charge in [0.2, 0.25) is 0 Å². The lowest BCUT2D eigenvalue weighted by molar-refractivity contribution is 0.341. The highest BCUT2D eigenvalue weighted by Crippen LogP contribution is 2.30. The normalized spacial score (nSPS) is 19.5. The fourth-order valence-corrected chi connectivity index (χ4v) is 5.60. The SMILES string of the molecule is NC(NC1CCCCC1)c1ccc(-c2ccc(-c3ccc(C(N)NC4CCCCC4)cc3)o2)cc1. The smallest absolute Gasteiger partial charge is 0.134 e. The third-order valence-electron chi connectivity index (χ3n) is 7.76. The molecule has 2 aliphatic rings. The lowest BCUT2D eigenvalue weighted by Crippen LogP contribution is -2.38. The van der Waals surface area contributed by atoms with E-state index in [1.807, 2.05) is 12.1 Å². The van der Waals surface area contributed by atoms with Gasteiger partial charge in [0.1, 0.15) is 11.5 Å². The van der Waals surface area contributed by atoms with E-state index in [9.17, 15) is 0 Å². The summed E-state index contributed by atoms with van der Waals surface area (Å²) in [7, 11) is 0. The first kappa shape index (κ1) is 24.3. The number of nitrogens with one attached hydrogen (secondary N) is 2. The number of hydrogen-bond donors (Lipinski definition) is 4. The first-order valence-electron chi connectivity index (χ1n) is 13.5. The largest absolute Gasteiger partial charge is 0.456 e. The lowest BCUT2D eigenvalue weighted by Gasteiger charge is -2.26. The van der Waals surface area contributed by atoms with E-state index >= 15 is 0 Å². The summed E-state index contributed by atoms with van der Waals surface area (Å²) in [6.45, 7) is 0. The first-order valence-corrected chi connectivity index (χ1v) is 13.5. The number of hydrogen-bond acceptors (Lipinski definition) is 5. The molecule has 186 valence electrons. The predicted molar refractivity (Wildman–Crippen MR) is 143 cm³/mol. The molecule has 2 atom stereocenters. The van der Waals surface area contributed by atoms with E-state index < -0.39 is 0 Å². The van der Waals surface area contributed by atoms with Crippen LogP contribution in [0.2, 0.25) is 0 Å². The van der Waals surface area contributed by atoms with Gasteiger partial charge in [-0.2, -0.15) is 0 Å². The van der Waals surface area contributed by atoms with E-state index in [0.717, 1.165) is 33.8 Å². The Morgan fingerprint density at radius 1 is 0.543 bits per heavy atom. The zero-order chi connectivity index (χ0) is 24.0. The average molecular weight is 473 g/mol. The molecular formula is C30H40N4O. The first-order chi connectivity index (χ1) is 17.2. The molecule has 0 radical (unpaired) electrons. The van der Waals surface area contributed by atoms with Gasteiger partial charge in [-0.25, -0.2) is 0 Å². The molecule has 5 nitrogen and oxygen atoms in total. The van der Waals surface area contributed by atoms with E-state index in [4.69, 9.17) is 15.9 Å². The monoisotopic (exact) mass is 472 g/mol. The van der Waals surface area contributed by atoms with Crippen molar-refractivity contribution in [2.75, 3.05) is 0 Å². The van der Waals surface area contributed by atoms with Crippen LogP contribution in [0.1, 0.15) is 87.7 Å². The molecule has 0 bridgehead atoms. The predicted octanol–water partition coefficient (Wildman–Crippen LogP) is 6.37. The van der Waals surface area contributed by atoms with Gasteiger partial charge in [-0.15, -0.1) is 0 Å². The highest BCUT2D eigenvalue weighted by atomic mass is 16.3. The van der Waals surface area contributed by atoms with Gasteiger partial charge in [-0.3, -0.25) is 10.6 Å². The number of benzene rings is 2. The molecule has 5 rings (SSSR count). The Hall–Kier alpha value is -2.44. The van der Waals surface area contributed by atoms with Crippen LogP contribution < -0.4 is 22.1 Å². The molecule has 3 aromatic rings. The van der Waals surface area contributed by atoms with Crippen LogP contribution in [0.4, 0.5) is 0 Å². The average Bonchev–Trinajstić information content (AvgIpc) is 3.40. The second-order valence-corrected chi connectivity index (χ2v) is 10.4. The van der Waals surface area contributed by atoms with Crippen molar-refractivity contribution >= 4 is 0 Å². The minimum absolute atomic E-state index is 0.128. The summed E-state index contributed by atoms with van der Waals surface area (Å²) in [5, 5.41) is 7.19. The summed E-state index contributed by atoms with van der Waals surface area (Å²) in [6.07, 6.45) is 12.6. The topological polar surface area (TPSA) is 89.2 Å². The van der Waals surface area contributed by atoms with E-state index in [1.165, 1.54) is 64.2 Å². The molecule has 2 unspecified atom stereocenters. The molecule has 0 aliphatic heterocycles. The van der Waals surface area contributed by atoms with Crippen LogP contribution in [-0.2, 0) is 0 Å². The van der Waals surface area contributed by atoms with Crippen molar-refractivity contribution in [3.63, 3.8) is 0 Å². The zero-order valence-electron chi connectivity index (χ0n) is 20.7. The zero-order valence-corrected chi connectivity index (χ0v) is 20.7. The fraction of sp³-hybridized carbons (Fsp3) is 0.467. The van der Waals surface area contributed by atoms with Gasteiger partial charge in [0.25, 0.3) is 0 Å². The standard InChI is InChI=1S/C30H40N4O/c31-29(33-25-7-3-1-4-8-25)23-15-11-21(12-16-23)27-19-20-28(35-27)22-13-17-24(18-14-22)30(32)34-26-9-5-2-6-10-26/h11-20,25-26,29-30,33-34H,1-10,31-32H2. The van der Waals surface area contributed by atoms with E-state index in [2.05, 4.69) is 59.2 Å². The summed E-state index contributed by atoms with van der Waals surface area (Å²) in [6, 6.07) is 22.0. The van der Waals surface area contributed by atoms with E-state index in [0.29, 0.717) is 12.1 Å². The number of furan rings is 1. The molecule has 1 heterocycles. The Morgan fingerprint density at radius 3 is 1.29 bits per heavy atom. The van der Waals surface area contributed by atoms with Crippen molar-refractivity contribution in [2.45, 2.75) is 88.6 Å². The Morgan fingerprint density at radius 2 is 0.914 bits per heavy atom. The van der Waals surface area contributed by atoms with Crippen LogP contribution in [-0.4, -0.2) is 12.1 Å². The summed E-state index contributed by atoms with van der Waals surface area (Å²) < 4.78 is 6.21. The molecule has 2 aromatic carbocycles. The number of rotatable bonds is 8. The maximum Gasteiger partial charge on any atom is 0.134 e. The second kappa shape index (κ2) is 11.5. The summed E-state index contributed by atoms with van der Waals surface area (Å²) in [4.78, 5) is 0. The van der Waals surface area contributed by atoms with E-state index in [-0.39, 0.29) is 12.3 Å². The maximum absolute atomic E-state index is 6.43. The molecule has 2 fully saturated rings. The van der Waals surface area contributed by atoms with Gasteiger partial charge < -0.3 is 15.9 Å². The van der Waals surface area contributed by atoms with Crippen LogP contribution in [0, 0.1) is 0 Å². The van der Waals surface area contributed by atoms with Gasteiger partial charge in [0.05, 0.1) is 12.3 Å². The summed E-state index contributed by atoms with van der Waals surface area (Å²) in [5.74, 6) is 1.72. The van der Waals surface area contributed by atoms with E-state index in [1.54, 1.807) is 0 Å². The molecule has 0 saturated heterocycles. The van der Waals surface area contributed by atoms with Crippen LogP contribution in [0.25, 0.3) is 22.6 Å². The minimum atomic E-state index is -0.128. The highest BCUT2D eigenvalue weighted by molar-refractivity contribution is 5.65. The molecule has 0 spiro atoms. The molecule has 6 N–H and O–H groups in total. The van der Waals surface area contributed by atoms with Gasteiger partial charge in [0.15, 0.2) is 0 Å². The number of nitrogens with two attached hydrogens (primary N) is 2. The van der Waals surface area contributed by atoms with Crippen molar-refractivity contribution in [3.05, 3.63) is 71.8 Å². The van der Waals surface area contributed by atoms with Gasteiger partial charge in [-0.1, -0.05) is 87.1 Å². The maximum atomic E-state index is 6.43. The minimum Gasteiger partial charge on any atom is -0.456 e. The quantitative estimate of drug-likeness (QED) is 0.286. The van der Waals surface area contributed by atoms with Crippen LogP contribution >= 0.6 is 0 Å². The molecule has 1 aromatic heterocycles. The molecule has 35 heavy (non-hydrogen) atoms. The summed E-state index contributed by atoms with van der Waals surface area (Å²) >= 11 is 0. The van der Waals surface area contributed by atoms with Crippen LogP contribution in [0.15, 0.2) is 65.1 Å². The summed E-state index contributed by atoms with van der Waals surface area (Å²) in [5.41, 5.74) is 17.2. The molecule has 2 saturated carbocycles. The molecule has 0 amide bonds. The van der Waals surface area contributed by atoms with Crippen molar-refractivity contribution in [1.29, 1.82) is 0 Å². The van der Waals surface area contributed by atoms with Crippen LogP contribution in [0.5, 0.6) is 0 Å². The third-order valence-corrected chi connectivity index (χ3v) is 7.76. The molecule has 2 aliphatic carbocycles. The second-order valence-electron chi connectivity index (χ2n) is 10.4. The highest BCUT2D eigenvalue weighted by Gasteiger charge is 2.18. The molecular weight excluding hydrogens is 432 g/mol. The Balaban J connectivity index is 1.20. The third kappa shape index (κ3) is 6.22. The van der Waals surface area contributed by atoms with Crippen LogP contribution in [0.3, 0.4) is 0 Å². The Labute approximate surface area is 209 Å². The van der Waals surface area contributed by atoms with Crippen molar-refractivity contribution in [1.82, 2.24) is 10.6 Å². The van der Waals surface area contributed by atoms with Gasteiger partial charge in [0, 0.05) is 23.2 Å². The van der Waals surface area contributed by atoms with Gasteiger partial charge in [-0.05, 0) is 48.9 Å².